The highest BCUT2D eigenvalue weighted by Crippen LogP contribution is 2.26. The van der Waals surface area contributed by atoms with Crippen molar-refractivity contribution in [2.24, 2.45) is 0 Å². The fourth-order valence-corrected chi connectivity index (χ4v) is 2.54. The Balaban J connectivity index is 2.00. The Morgan fingerprint density at radius 1 is 1.23 bits per heavy atom. The van der Waals surface area contributed by atoms with Gasteiger partial charge in [-0.15, -0.1) is 5.10 Å². The van der Waals surface area contributed by atoms with Crippen molar-refractivity contribution in [3.8, 4) is 0 Å². The molecule has 1 aliphatic heterocycles. The monoisotopic (exact) mass is 313 g/mol. The van der Waals surface area contributed by atoms with Crippen LogP contribution >= 0.6 is 0 Å². The molecule has 0 spiro atoms. The highest BCUT2D eigenvalue weighted by atomic mass is 19.4. The summed E-state index contributed by atoms with van der Waals surface area (Å²) in [5, 5.41) is 3.42. The van der Waals surface area contributed by atoms with Crippen molar-refractivity contribution in [2.45, 2.75) is 32.4 Å². The van der Waals surface area contributed by atoms with E-state index in [9.17, 15) is 18.0 Å². The van der Waals surface area contributed by atoms with E-state index in [4.69, 9.17) is 0 Å². The van der Waals surface area contributed by atoms with Gasteiger partial charge in [0.25, 0.3) is 17.5 Å². The number of halogens is 3. The zero-order valence-electron chi connectivity index (χ0n) is 11.9. The molecule has 6 nitrogen and oxygen atoms in total. The third-order valence-electron chi connectivity index (χ3n) is 3.73. The van der Waals surface area contributed by atoms with E-state index < -0.39 is 12.0 Å². The minimum absolute atomic E-state index is 0.167. The fourth-order valence-electron chi connectivity index (χ4n) is 2.54. The molecule has 3 heterocycles. The molecule has 0 N–H and O–H groups in total. The second-order valence-electron chi connectivity index (χ2n) is 5.26. The first-order valence-corrected chi connectivity index (χ1v) is 6.97. The summed E-state index contributed by atoms with van der Waals surface area (Å²) in [6.45, 7) is 2.85. The maximum absolute atomic E-state index is 12.7. The molecule has 1 aliphatic rings. The molecule has 1 fully saturated rings. The van der Waals surface area contributed by atoms with Crippen LogP contribution in [0.15, 0.2) is 6.20 Å². The largest absolute Gasteiger partial charge is 0.453 e. The molecule has 0 saturated carbocycles. The van der Waals surface area contributed by atoms with Crippen LogP contribution in [0.3, 0.4) is 0 Å². The van der Waals surface area contributed by atoms with Crippen molar-refractivity contribution in [3.63, 3.8) is 0 Å². The van der Waals surface area contributed by atoms with Gasteiger partial charge in [-0.3, -0.25) is 4.79 Å². The summed E-state index contributed by atoms with van der Waals surface area (Å²) in [7, 11) is 0. The predicted molar refractivity (Wildman–Crippen MR) is 70.3 cm³/mol. The Morgan fingerprint density at radius 3 is 2.55 bits per heavy atom. The fraction of sp³-hybridized carbons (Fsp3) is 0.538. The molecule has 118 valence electrons. The maximum Gasteiger partial charge on any atom is 0.453 e. The number of likely N-dealkylation sites (tertiary alicyclic amines) is 1. The summed E-state index contributed by atoms with van der Waals surface area (Å²) in [6.07, 6.45) is -0.421. The van der Waals surface area contributed by atoms with Crippen LogP contribution in [0, 0.1) is 6.92 Å². The smallest absolute Gasteiger partial charge is 0.339 e. The zero-order valence-corrected chi connectivity index (χ0v) is 11.9. The summed E-state index contributed by atoms with van der Waals surface area (Å²) in [6, 6.07) is 0. The molecule has 22 heavy (non-hydrogen) atoms. The minimum Gasteiger partial charge on any atom is -0.339 e. The topological polar surface area (TPSA) is 63.4 Å². The van der Waals surface area contributed by atoms with Crippen LogP contribution in [0.25, 0.3) is 5.78 Å². The van der Waals surface area contributed by atoms with Crippen molar-refractivity contribution in [3.05, 3.63) is 23.3 Å². The highest BCUT2D eigenvalue weighted by Gasteiger charge is 2.37. The van der Waals surface area contributed by atoms with Crippen LogP contribution in [0.1, 0.15) is 41.1 Å². The molecular formula is C13H14F3N5O. The molecule has 3 rings (SSSR count). The van der Waals surface area contributed by atoms with Crippen LogP contribution in [0.2, 0.25) is 0 Å². The maximum atomic E-state index is 12.7. The molecule has 1 saturated heterocycles. The Labute approximate surface area is 124 Å². The molecule has 9 heteroatoms. The second kappa shape index (κ2) is 5.22. The van der Waals surface area contributed by atoms with Gasteiger partial charge in [0.2, 0.25) is 0 Å². The number of aryl methyl sites for hydroxylation is 1. The van der Waals surface area contributed by atoms with Gasteiger partial charge >= 0.3 is 6.18 Å². The number of carbonyl (C=O) groups excluding carboxylic acids is 1. The van der Waals surface area contributed by atoms with Gasteiger partial charge in [0, 0.05) is 19.3 Å². The number of fused-ring (bicyclic) bond motifs is 1. The van der Waals surface area contributed by atoms with Crippen LogP contribution in [-0.4, -0.2) is 43.5 Å². The number of hydrogen-bond donors (Lipinski definition) is 0. The normalized spacial score (nSPS) is 16.3. The van der Waals surface area contributed by atoms with Gasteiger partial charge in [-0.05, 0) is 26.2 Å². The van der Waals surface area contributed by atoms with Crippen molar-refractivity contribution in [1.82, 2.24) is 24.5 Å². The summed E-state index contributed by atoms with van der Waals surface area (Å²) in [4.78, 5) is 21.3. The lowest BCUT2D eigenvalue weighted by atomic mass is 10.1. The number of aromatic nitrogens is 4. The van der Waals surface area contributed by atoms with Crippen LogP contribution in [0.4, 0.5) is 13.2 Å². The molecular weight excluding hydrogens is 299 g/mol. The third kappa shape index (κ3) is 2.51. The lowest BCUT2D eigenvalue weighted by Crippen LogP contribution is -2.36. The summed E-state index contributed by atoms with van der Waals surface area (Å²) < 4.78 is 39.0. The SMILES string of the molecule is Cc1c(C(=O)N2CCCCC2)cnc2nc(C(F)(F)F)nn12. The second-order valence-corrected chi connectivity index (χ2v) is 5.26. The van der Waals surface area contributed by atoms with E-state index in [0.717, 1.165) is 23.8 Å². The van der Waals surface area contributed by atoms with E-state index in [1.165, 1.54) is 6.20 Å². The quantitative estimate of drug-likeness (QED) is 0.808. The first-order valence-electron chi connectivity index (χ1n) is 6.97. The van der Waals surface area contributed by atoms with E-state index in [1.807, 2.05) is 0 Å². The molecule has 2 aromatic rings. The van der Waals surface area contributed by atoms with Crippen molar-refractivity contribution in [1.29, 1.82) is 0 Å². The van der Waals surface area contributed by atoms with Crippen LogP contribution in [-0.2, 0) is 6.18 Å². The average Bonchev–Trinajstić information content (AvgIpc) is 2.93. The lowest BCUT2D eigenvalue weighted by Gasteiger charge is -2.27. The molecule has 0 unspecified atom stereocenters. The number of amides is 1. The van der Waals surface area contributed by atoms with Gasteiger partial charge in [0.1, 0.15) is 0 Å². The highest BCUT2D eigenvalue weighted by molar-refractivity contribution is 5.95. The molecule has 0 aliphatic carbocycles. The lowest BCUT2D eigenvalue weighted by molar-refractivity contribution is -0.144. The molecule has 0 bridgehead atoms. The molecule has 0 aromatic carbocycles. The number of alkyl halides is 3. The van der Waals surface area contributed by atoms with E-state index in [-0.39, 0.29) is 17.2 Å². The van der Waals surface area contributed by atoms with Crippen molar-refractivity contribution in [2.75, 3.05) is 13.1 Å². The number of nitrogens with zero attached hydrogens (tertiary/aromatic N) is 5. The number of carbonyl (C=O) groups is 1. The number of piperidine rings is 1. The number of hydrogen-bond acceptors (Lipinski definition) is 4. The average molecular weight is 313 g/mol. The molecule has 1 amide bonds. The Morgan fingerprint density at radius 2 is 1.91 bits per heavy atom. The zero-order chi connectivity index (χ0) is 15.9. The van der Waals surface area contributed by atoms with E-state index in [1.54, 1.807) is 11.8 Å². The van der Waals surface area contributed by atoms with Crippen LogP contribution in [0.5, 0.6) is 0 Å². The molecule has 0 radical (unpaired) electrons. The standard InChI is InChI=1S/C13H14F3N5O/c1-8-9(10(22)20-5-3-2-4-6-20)7-17-12-18-11(13(14,15)16)19-21(8)12/h7H,2-6H2,1H3. The van der Waals surface area contributed by atoms with Gasteiger partial charge in [-0.1, -0.05) is 0 Å². The van der Waals surface area contributed by atoms with Crippen LogP contribution < -0.4 is 0 Å². The Kier molecular flexibility index (Phi) is 3.50. The number of rotatable bonds is 1. The first-order chi connectivity index (χ1) is 10.4. The summed E-state index contributed by atoms with van der Waals surface area (Å²) in [5.41, 5.74) is 0.566. The van der Waals surface area contributed by atoms with Crippen molar-refractivity contribution < 1.29 is 18.0 Å². The minimum atomic E-state index is -4.64. The van der Waals surface area contributed by atoms with Gasteiger partial charge in [0.15, 0.2) is 0 Å². The van der Waals surface area contributed by atoms with E-state index >= 15 is 0 Å². The Hall–Kier alpha value is -2.19. The summed E-state index contributed by atoms with van der Waals surface area (Å²) >= 11 is 0. The van der Waals surface area contributed by atoms with E-state index in [0.29, 0.717) is 18.8 Å². The van der Waals surface area contributed by atoms with Gasteiger partial charge in [0.05, 0.1) is 11.3 Å². The van der Waals surface area contributed by atoms with Gasteiger partial charge < -0.3 is 4.90 Å². The van der Waals surface area contributed by atoms with Gasteiger partial charge in [-0.2, -0.15) is 18.2 Å². The Bertz CT molecular complexity index is 718. The predicted octanol–water partition coefficient (Wildman–Crippen LogP) is 2.08. The van der Waals surface area contributed by atoms with E-state index in [2.05, 4.69) is 15.1 Å². The van der Waals surface area contributed by atoms with Crippen molar-refractivity contribution >= 4 is 11.7 Å². The summed E-state index contributed by atoms with van der Waals surface area (Å²) in [5.74, 6) is -1.65. The van der Waals surface area contributed by atoms with Gasteiger partial charge in [-0.25, -0.2) is 9.50 Å². The third-order valence-corrected chi connectivity index (χ3v) is 3.73. The first kappa shape index (κ1) is 14.7. The molecule has 2 aromatic heterocycles. The molecule has 0 atom stereocenters.